The molecule has 1 heterocycles. The van der Waals surface area contributed by atoms with Crippen molar-refractivity contribution in [2.75, 3.05) is 7.11 Å². The number of thiophene rings is 1. The van der Waals surface area contributed by atoms with E-state index in [1.807, 2.05) is 6.07 Å². The molecule has 0 bridgehead atoms. The molecule has 0 fully saturated rings. The number of esters is 1. The van der Waals surface area contributed by atoms with Crippen molar-refractivity contribution in [3.63, 3.8) is 0 Å². The third-order valence-electron chi connectivity index (χ3n) is 4.75. The molecule has 1 aromatic heterocycles. The number of hydrazine groups is 1. The minimum Gasteiger partial charge on any atom is -0.465 e. The molecule has 0 aliphatic heterocycles. The normalized spacial score (nSPS) is 16.3. The minimum absolute atomic E-state index is 0.102. The van der Waals surface area contributed by atoms with Crippen LogP contribution < -0.4 is 10.3 Å². The van der Waals surface area contributed by atoms with Gasteiger partial charge in [-0.3, -0.25) is 10.2 Å². The Morgan fingerprint density at radius 3 is 2.71 bits per heavy atom. The molecule has 1 atom stereocenters. The van der Waals surface area contributed by atoms with Crippen molar-refractivity contribution in [2.45, 2.75) is 38.0 Å². The summed E-state index contributed by atoms with van der Waals surface area (Å²) in [5, 5.41) is 0. The van der Waals surface area contributed by atoms with E-state index in [1.165, 1.54) is 47.1 Å². The van der Waals surface area contributed by atoms with Gasteiger partial charge >= 0.3 is 5.97 Å². The van der Waals surface area contributed by atoms with Crippen LogP contribution in [0.2, 0.25) is 0 Å². The number of methoxy groups -OCH3 is 1. The second-order valence-corrected chi connectivity index (χ2v) is 9.73. The van der Waals surface area contributed by atoms with E-state index >= 15 is 0 Å². The number of carbonyl (C=O) groups excluding carboxylic acids is 2. The smallest absolute Gasteiger partial charge is 0.337 e. The van der Waals surface area contributed by atoms with Crippen LogP contribution in [0.3, 0.4) is 0 Å². The van der Waals surface area contributed by atoms with Gasteiger partial charge in [-0.1, -0.05) is 13.0 Å². The van der Waals surface area contributed by atoms with Crippen molar-refractivity contribution in [1.29, 1.82) is 0 Å². The highest BCUT2D eigenvalue weighted by atomic mass is 32.2. The fourth-order valence-electron chi connectivity index (χ4n) is 3.18. The topological polar surface area (TPSA) is 102 Å². The van der Waals surface area contributed by atoms with Gasteiger partial charge in [0, 0.05) is 4.88 Å². The number of carbonyl (C=O) groups is 2. The summed E-state index contributed by atoms with van der Waals surface area (Å²) in [7, 11) is -2.84. The summed E-state index contributed by atoms with van der Waals surface area (Å²) in [6.45, 7) is 3.78. The zero-order valence-corrected chi connectivity index (χ0v) is 17.5. The van der Waals surface area contributed by atoms with Gasteiger partial charge in [0.05, 0.1) is 22.4 Å². The number of nitrogens with one attached hydrogen (secondary N) is 2. The van der Waals surface area contributed by atoms with Crippen LogP contribution in [0.25, 0.3) is 0 Å². The first kappa shape index (κ1) is 20.5. The summed E-state index contributed by atoms with van der Waals surface area (Å²) in [4.78, 5) is 27.8. The Morgan fingerprint density at radius 1 is 1.25 bits per heavy atom. The Labute approximate surface area is 168 Å². The van der Waals surface area contributed by atoms with Crippen LogP contribution in [-0.4, -0.2) is 27.4 Å². The Balaban J connectivity index is 1.75. The first-order chi connectivity index (χ1) is 13.2. The average Bonchev–Trinajstić information content (AvgIpc) is 3.09. The number of amides is 1. The molecule has 1 unspecified atom stereocenters. The van der Waals surface area contributed by atoms with Crippen LogP contribution in [0.15, 0.2) is 29.2 Å². The highest BCUT2D eigenvalue weighted by Crippen LogP contribution is 2.32. The van der Waals surface area contributed by atoms with Crippen molar-refractivity contribution in [3.8, 4) is 0 Å². The van der Waals surface area contributed by atoms with Crippen LogP contribution in [-0.2, 0) is 27.6 Å². The molecule has 0 radical (unpaired) electrons. The number of ether oxygens (including phenoxy) is 1. The fourth-order valence-corrected chi connectivity index (χ4v) is 5.40. The third-order valence-corrected chi connectivity index (χ3v) is 7.38. The van der Waals surface area contributed by atoms with Gasteiger partial charge in [-0.25, -0.2) is 13.2 Å². The van der Waals surface area contributed by atoms with Crippen LogP contribution >= 0.6 is 11.3 Å². The number of hydrogen-bond acceptors (Lipinski definition) is 6. The van der Waals surface area contributed by atoms with Gasteiger partial charge in [-0.15, -0.1) is 16.2 Å². The first-order valence-corrected chi connectivity index (χ1v) is 11.1. The number of fused-ring (bicyclic) bond motifs is 1. The van der Waals surface area contributed by atoms with Gasteiger partial charge in [-0.2, -0.15) is 0 Å². The third kappa shape index (κ3) is 4.26. The van der Waals surface area contributed by atoms with Crippen molar-refractivity contribution in [1.82, 2.24) is 10.3 Å². The van der Waals surface area contributed by atoms with Crippen molar-refractivity contribution >= 4 is 33.2 Å². The maximum atomic E-state index is 12.6. The molecule has 7 nitrogen and oxygen atoms in total. The van der Waals surface area contributed by atoms with E-state index < -0.39 is 21.9 Å². The van der Waals surface area contributed by atoms with Gasteiger partial charge in [0.25, 0.3) is 15.9 Å². The Morgan fingerprint density at radius 2 is 2.00 bits per heavy atom. The van der Waals surface area contributed by atoms with Crippen molar-refractivity contribution in [2.24, 2.45) is 5.92 Å². The Bertz CT molecular complexity index is 1030. The first-order valence-electron chi connectivity index (χ1n) is 8.84. The van der Waals surface area contributed by atoms with Crippen LogP contribution in [0.5, 0.6) is 0 Å². The number of benzene rings is 1. The lowest BCUT2D eigenvalue weighted by Gasteiger charge is -2.16. The monoisotopic (exact) mass is 422 g/mol. The van der Waals surface area contributed by atoms with Crippen LogP contribution in [0.1, 0.15) is 49.4 Å². The standard InChI is InChI=1S/C19H22N2O5S2/c1-11-4-7-15-14(8-11)9-16(27-15)18(22)20-21-28(24,25)17-10-13(19(23)26-3)6-5-12(17)2/h5-6,9-11,21H,4,7-8H2,1-3H3,(H,20,22). The summed E-state index contributed by atoms with van der Waals surface area (Å²) in [6.07, 6.45) is 2.97. The SMILES string of the molecule is COC(=O)c1ccc(C)c(S(=O)(=O)NNC(=O)c2cc3c(s2)CCC(C)C3)c1. The zero-order valence-electron chi connectivity index (χ0n) is 15.9. The Kier molecular flexibility index (Phi) is 5.87. The second-order valence-electron chi connectivity index (χ2n) is 6.94. The van der Waals surface area contributed by atoms with Crippen molar-refractivity contribution in [3.05, 3.63) is 50.7 Å². The average molecular weight is 423 g/mol. The summed E-state index contributed by atoms with van der Waals surface area (Å²) in [5.74, 6) is -0.558. The molecule has 0 saturated heterocycles. The maximum absolute atomic E-state index is 12.6. The van der Waals surface area contributed by atoms with Crippen LogP contribution in [0, 0.1) is 12.8 Å². The molecule has 2 aromatic rings. The van der Waals surface area contributed by atoms with E-state index in [-0.39, 0.29) is 10.5 Å². The molecule has 1 amide bonds. The van der Waals surface area contributed by atoms with Gasteiger partial charge in [-0.05, 0) is 61.4 Å². The molecular formula is C19H22N2O5S2. The van der Waals surface area contributed by atoms with E-state index in [0.29, 0.717) is 16.4 Å². The number of hydrogen-bond donors (Lipinski definition) is 2. The summed E-state index contributed by atoms with van der Waals surface area (Å²) in [5.41, 5.74) is 3.98. The second kappa shape index (κ2) is 8.02. The van der Waals surface area contributed by atoms with Crippen LogP contribution in [0.4, 0.5) is 0 Å². The quantitative estimate of drug-likeness (QED) is 0.570. The van der Waals surface area contributed by atoms with Gasteiger partial charge in [0.2, 0.25) is 0 Å². The predicted octanol–water partition coefficient (Wildman–Crippen LogP) is 2.59. The number of aryl methyl sites for hydroxylation is 2. The highest BCUT2D eigenvalue weighted by molar-refractivity contribution is 7.89. The van der Waals surface area contributed by atoms with E-state index in [1.54, 1.807) is 6.92 Å². The molecular weight excluding hydrogens is 400 g/mol. The molecule has 3 rings (SSSR count). The maximum Gasteiger partial charge on any atom is 0.337 e. The van der Waals surface area contributed by atoms with E-state index in [2.05, 4.69) is 21.9 Å². The number of rotatable bonds is 5. The minimum atomic E-state index is -4.05. The molecule has 28 heavy (non-hydrogen) atoms. The summed E-state index contributed by atoms with van der Waals surface area (Å²) in [6, 6.07) is 6.05. The fraction of sp³-hybridized carbons (Fsp3) is 0.368. The molecule has 0 saturated carbocycles. The van der Waals surface area contributed by atoms with E-state index in [4.69, 9.17) is 0 Å². The molecule has 2 N–H and O–H groups in total. The van der Waals surface area contributed by atoms with Crippen molar-refractivity contribution < 1.29 is 22.7 Å². The van der Waals surface area contributed by atoms with E-state index in [0.717, 1.165) is 19.3 Å². The summed E-state index contributed by atoms with van der Waals surface area (Å²) < 4.78 is 29.9. The molecule has 0 spiro atoms. The largest absolute Gasteiger partial charge is 0.465 e. The van der Waals surface area contributed by atoms with E-state index in [9.17, 15) is 18.0 Å². The van der Waals surface area contributed by atoms with Gasteiger partial charge in [0.1, 0.15) is 0 Å². The lowest BCUT2D eigenvalue weighted by atomic mass is 9.90. The van der Waals surface area contributed by atoms with Gasteiger partial charge < -0.3 is 4.74 Å². The molecule has 1 aliphatic rings. The molecule has 1 aromatic carbocycles. The highest BCUT2D eigenvalue weighted by Gasteiger charge is 2.23. The lowest BCUT2D eigenvalue weighted by molar-refractivity contribution is 0.0600. The number of sulfonamides is 1. The molecule has 1 aliphatic carbocycles. The van der Waals surface area contributed by atoms with Gasteiger partial charge in [0.15, 0.2) is 0 Å². The Hall–Kier alpha value is -2.23. The molecule has 150 valence electrons. The predicted molar refractivity (Wildman–Crippen MR) is 106 cm³/mol. The zero-order chi connectivity index (χ0) is 20.5. The summed E-state index contributed by atoms with van der Waals surface area (Å²) >= 11 is 1.40. The molecule has 9 heteroatoms. The lowest BCUT2D eigenvalue weighted by Crippen LogP contribution is -2.41.